The Labute approximate surface area is 142 Å². The van der Waals surface area contributed by atoms with Gasteiger partial charge in [0.05, 0.1) is 11.1 Å². The molecule has 1 amide bonds. The van der Waals surface area contributed by atoms with Gasteiger partial charge in [-0.15, -0.1) is 0 Å². The smallest absolute Gasteiger partial charge is 0.225 e. The summed E-state index contributed by atoms with van der Waals surface area (Å²) in [4.78, 5) is 13.1. The molecule has 0 saturated carbocycles. The molecule has 23 heavy (non-hydrogen) atoms. The summed E-state index contributed by atoms with van der Waals surface area (Å²) >= 11 is 11.6. The van der Waals surface area contributed by atoms with E-state index in [1.165, 1.54) is 37.3 Å². The number of phenols is 1. The molecule has 2 aromatic carbocycles. The van der Waals surface area contributed by atoms with Crippen molar-refractivity contribution in [2.45, 2.75) is 13.0 Å². The second-order valence-corrected chi connectivity index (χ2v) is 5.57. The minimum atomic E-state index is -1.15. The Morgan fingerprint density at radius 2 is 2.00 bits per heavy atom. The molecule has 0 fully saturated rings. The number of carbonyl (C=O) groups excluding carboxylic acids is 1. The van der Waals surface area contributed by atoms with Crippen LogP contribution in [0.25, 0.3) is 0 Å². The number of hydrogen-bond donors (Lipinski definition) is 1. The molecule has 0 spiro atoms. The summed E-state index contributed by atoms with van der Waals surface area (Å²) < 4.78 is 13.3. The molecule has 7 heteroatoms. The monoisotopic (exact) mass is 352 g/mol. The van der Waals surface area contributed by atoms with Crippen LogP contribution in [0.5, 0.6) is 5.75 Å². The predicted molar refractivity (Wildman–Crippen MR) is 86.0 cm³/mol. The standard InChI is InChI=1S/C16H11Cl2FN2O2/c1-9(22)21(11-3-4-14(19)13(18)7-11)15(8-20)12-6-10(17)2-5-16(12)23/h2-7,15,23H,1H3. The van der Waals surface area contributed by atoms with Crippen LogP contribution in [0, 0.1) is 17.1 Å². The molecule has 1 unspecified atom stereocenters. The summed E-state index contributed by atoms with van der Waals surface area (Å²) in [6.07, 6.45) is 0. The second-order valence-electron chi connectivity index (χ2n) is 4.72. The van der Waals surface area contributed by atoms with Crippen molar-refractivity contribution < 1.29 is 14.3 Å². The Morgan fingerprint density at radius 1 is 1.30 bits per heavy atom. The van der Waals surface area contributed by atoms with Gasteiger partial charge in [-0.2, -0.15) is 5.26 Å². The minimum Gasteiger partial charge on any atom is -0.508 e. The fraction of sp³-hybridized carbons (Fsp3) is 0.125. The third-order valence-electron chi connectivity index (χ3n) is 3.19. The molecule has 2 aromatic rings. The number of aromatic hydroxyl groups is 1. The molecule has 0 heterocycles. The highest BCUT2D eigenvalue weighted by Crippen LogP contribution is 2.35. The van der Waals surface area contributed by atoms with Crippen LogP contribution in [0.3, 0.4) is 0 Å². The highest BCUT2D eigenvalue weighted by atomic mass is 35.5. The summed E-state index contributed by atoms with van der Waals surface area (Å²) in [6.45, 7) is 1.25. The maximum absolute atomic E-state index is 13.3. The zero-order valence-electron chi connectivity index (χ0n) is 11.9. The SMILES string of the molecule is CC(=O)N(c1ccc(F)c(Cl)c1)C(C#N)c1cc(Cl)ccc1O. The Kier molecular flexibility index (Phi) is 5.09. The molecule has 0 aliphatic rings. The van der Waals surface area contributed by atoms with E-state index in [9.17, 15) is 19.6 Å². The molecule has 118 valence electrons. The Balaban J connectivity index is 2.58. The Hall–Kier alpha value is -2.29. The lowest BCUT2D eigenvalue weighted by Gasteiger charge is -2.27. The number of benzene rings is 2. The van der Waals surface area contributed by atoms with Crippen molar-refractivity contribution in [3.8, 4) is 11.8 Å². The zero-order valence-corrected chi connectivity index (χ0v) is 13.4. The number of anilines is 1. The largest absolute Gasteiger partial charge is 0.508 e. The van der Waals surface area contributed by atoms with Crippen molar-refractivity contribution in [2.75, 3.05) is 4.90 Å². The van der Waals surface area contributed by atoms with Crippen molar-refractivity contribution in [1.82, 2.24) is 0 Å². The molecule has 1 N–H and O–H groups in total. The molecule has 0 aliphatic heterocycles. The van der Waals surface area contributed by atoms with Crippen molar-refractivity contribution in [2.24, 2.45) is 0 Å². The lowest BCUT2D eigenvalue weighted by molar-refractivity contribution is -0.116. The van der Waals surface area contributed by atoms with E-state index >= 15 is 0 Å². The third-order valence-corrected chi connectivity index (χ3v) is 3.71. The van der Waals surface area contributed by atoms with Gasteiger partial charge < -0.3 is 5.11 Å². The summed E-state index contributed by atoms with van der Waals surface area (Å²) in [7, 11) is 0. The highest BCUT2D eigenvalue weighted by Gasteiger charge is 2.27. The van der Waals surface area contributed by atoms with Gasteiger partial charge in [0.25, 0.3) is 0 Å². The Morgan fingerprint density at radius 3 is 2.57 bits per heavy atom. The van der Waals surface area contributed by atoms with Crippen molar-refractivity contribution in [3.05, 3.63) is 57.8 Å². The van der Waals surface area contributed by atoms with Crippen LogP contribution in [-0.4, -0.2) is 11.0 Å². The molecule has 1 atom stereocenters. The number of carbonyl (C=O) groups is 1. The van der Waals surface area contributed by atoms with Gasteiger partial charge in [0.2, 0.25) is 5.91 Å². The first-order valence-corrected chi connectivity index (χ1v) is 7.23. The van der Waals surface area contributed by atoms with Crippen LogP contribution in [0.4, 0.5) is 10.1 Å². The first-order valence-electron chi connectivity index (χ1n) is 6.48. The van der Waals surface area contributed by atoms with Crippen LogP contribution in [0.1, 0.15) is 18.5 Å². The van der Waals surface area contributed by atoms with E-state index in [1.54, 1.807) is 0 Å². The minimum absolute atomic E-state index is 0.163. The second kappa shape index (κ2) is 6.86. The van der Waals surface area contributed by atoms with Crippen LogP contribution in [-0.2, 0) is 4.79 Å². The fourth-order valence-electron chi connectivity index (χ4n) is 2.16. The fourth-order valence-corrected chi connectivity index (χ4v) is 2.51. The van der Waals surface area contributed by atoms with Gasteiger partial charge in [-0.05, 0) is 36.4 Å². The number of nitriles is 1. The van der Waals surface area contributed by atoms with E-state index in [-0.39, 0.29) is 22.0 Å². The lowest BCUT2D eigenvalue weighted by Crippen LogP contribution is -2.32. The van der Waals surface area contributed by atoms with Gasteiger partial charge >= 0.3 is 0 Å². The summed E-state index contributed by atoms with van der Waals surface area (Å²) in [5.41, 5.74) is 0.394. The van der Waals surface area contributed by atoms with Gasteiger partial charge in [-0.25, -0.2) is 4.39 Å². The van der Waals surface area contributed by atoms with Gasteiger partial charge in [0, 0.05) is 23.2 Å². The van der Waals surface area contributed by atoms with Gasteiger partial charge in [-0.1, -0.05) is 23.2 Å². The summed E-state index contributed by atoms with van der Waals surface area (Å²) in [5, 5.41) is 19.6. The van der Waals surface area contributed by atoms with E-state index in [0.29, 0.717) is 5.02 Å². The molecular weight excluding hydrogens is 342 g/mol. The van der Waals surface area contributed by atoms with E-state index < -0.39 is 17.8 Å². The average molecular weight is 353 g/mol. The molecule has 0 radical (unpaired) electrons. The molecule has 0 aliphatic carbocycles. The van der Waals surface area contributed by atoms with Crippen LogP contribution in [0.15, 0.2) is 36.4 Å². The van der Waals surface area contributed by atoms with Crippen LogP contribution >= 0.6 is 23.2 Å². The van der Waals surface area contributed by atoms with Gasteiger partial charge in [-0.3, -0.25) is 9.69 Å². The van der Waals surface area contributed by atoms with E-state index in [4.69, 9.17) is 23.2 Å². The topological polar surface area (TPSA) is 64.3 Å². The zero-order chi connectivity index (χ0) is 17.1. The summed E-state index contributed by atoms with van der Waals surface area (Å²) in [5.74, 6) is -1.29. The Bertz CT molecular complexity index is 805. The molecule has 0 saturated heterocycles. The quantitative estimate of drug-likeness (QED) is 0.886. The maximum atomic E-state index is 13.3. The number of nitrogens with zero attached hydrogens (tertiary/aromatic N) is 2. The van der Waals surface area contributed by atoms with Crippen molar-refractivity contribution in [1.29, 1.82) is 5.26 Å². The molecule has 4 nitrogen and oxygen atoms in total. The first kappa shape index (κ1) is 17.1. The number of amides is 1. The number of rotatable bonds is 3. The van der Waals surface area contributed by atoms with E-state index in [1.807, 2.05) is 6.07 Å². The number of phenolic OH excluding ortho intramolecular Hbond substituents is 1. The van der Waals surface area contributed by atoms with Crippen LogP contribution in [0.2, 0.25) is 10.0 Å². The maximum Gasteiger partial charge on any atom is 0.225 e. The lowest BCUT2D eigenvalue weighted by atomic mass is 10.0. The normalized spacial score (nSPS) is 11.6. The van der Waals surface area contributed by atoms with Gasteiger partial charge in [0.1, 0.15) is 11.6 Å². The highest BCUT2D eigenvalue weighted by molar-refractivity contribution is 6.31. The third kappa shape index (κ3) is 3.55. The average Bonchev–Trinajstić information content (AvgIpc) is 2.50. The van der Waals surface area contributed by atoms with E-state index in [2.05, 4.69) is 0 Å². The van der Waals surface area contributed by atoms with Gasteiger partial charge in [0.15, 0.2) is 6.04 Å². The molecule has 2 rings (SSSR count). The van der Waals surface area contributed by atoms with Crippen molar-refractivity contribution in [3.63, 3.8) is 0 Å². The summed E-state index contributed by atoms with van der Waals surface area (Å²) in [6, 6.07) is 8.66. The predicted octanol–water partition coefficient (Wildman–Crippen LogP) is 4.46. The number of halogens is 3. The van der Waals surface area contributed by atoms with Crippen molar-refractivity contribution >= 4 is 34.8 Å². The molecule has 0 bridgehead atoms. The molecular formula is C16H11Cl2FN2O2. The van der Waals surface area contributed by atoms with Crippen LogP contribution < -0.4 is 4.90 Å². The van der Waals surface area contributed by atoms with E-state index in [0.717, 1.165) is 11.0 Å². The first-order chi connectivity index (χ1) is 10.8. The number of hydrogen-bond acceptors (Lipinski definition) is 3. The molecule has 0 aromatic heterocycles.